The Labute approximate surface area is 130 Å². The zero-order valence-corrected chi connectivity index (χ0v) is 13.7. The second-order valence-corrected chi connectivity index (χ2v) is 7.81. The van der Waals surface area contributed by atoms with Crippen molar-refractivity contribution in [2.75, 3.05) is 0 Å². The van der Waals surface area contributed by atoms with Crippen molar-refractivity contribution < 1.29 is 0 Å². The first-order valence-electron chi connectivity index (χ1n) is 7.67. The van der Waals surface area contributed by atoms with Gasteiger partial charge in [-0.1, -0.05) is 38.3 Å². The van der Waals surface area contributed by atoms with Gasteiger partial charge in [0.2, 0.25) is 0 Å². The molecule has 108 valence electrons. The molecule has 20 heavy (non-hydrogen) atoms. The van der Waals surface area contributed by atoms with Crippen LogP contribution in [0.5, 0.6) is 0 Å². The molecule has 2 heterocycles. The van der Waals surface area contributed by atoms with Gasteiger partial charge in [0, 0.05) is 15.8 Å². The standard InChI is InChI=1S/C17H23NS2/c1-13-7-3-2-4-8-14(13)18-17(15-9-5-11-19-15)16-10-6-12-20-16/h5-6,9-14,17-18H,2-4,7-8H2,1H3. The molecular formula is C17H23NS2. The van der Waals surface area contributed by atoms with Gasteiger partial charge in [0.25, 0.3) is 0 Å². The summed E-state index contributed by atoms with van der Waals surface area (Å²) in [6, 6.07) is 9.91. The number of nitrogens with one attached hydrogen (secondary N) is 1. The fraction of sp³-hybridized carbons (Fsp3) is 0.529. The van der Waals surface area contributed by atoms with Crippen LogP contribution < -0.4 is 5.32 Å². The summed E-state index contributed by atoms with van der Waals surface area (Å²) in [7, 11) is 0. The van der Waals surface area contributed by atoms with Gasteiger partial charge in [-0.2, -0.15) is 0 Å². The highest BCUT2D eigenvalue weighted by molar-refractivity contribution is 7.11. The van der Waals surface area contributed by atoms with Crippen LogP contribution in [0, 0.1) is 5.92 Å². The Hall–Kier alpha value is -0.640. The van der Waals surface area contributed by atoms with Crippen LogP contribution in [0.15, 0.2) is 35.0 Å². The van der Waals surface area contributed by atoms with Crippen molar-refractivity contribution in [1.82, 2.24) is 5.32 Å². The fourth-order valence-corrected chi connectivity index (χ4v) is 4.85. The minimum absolute atomic E-state index is 0.389. The highest BCUT2D eigenvalue weighted by Crippen LogP contribution is 2.32. The Bertz CT molecular complexity index is 455. The zero-order valence-electron chi connectivity index (χ0n) is 12.0. The van der Waals surface area contributed by atoms with Crippen LogP contribution in [0.3, 0.4) is 0 Å². The van der Waals surface area contributed by atoms with Crippen molar-refractivity contribution in [2.45, 2.75) is 51.1 Å². The zero-order chi connectivity index (χ0) is 13.8. The maximum Gasteiger partial charge on any atom is 0.0767 e. The molecule has 0 spiro atoms. The van der Waals surface area contributed by atoms with E-state index in [1.54, 1.807) is 0 Å². The summed E-state index contributed by atoms with van der Waals surface area (Å²) in [5.74, 6) is 0.792. The average molecular weight is 306 g/mol. The number of rotatable bonds is 4. The van der Waals surface area contributed by atoms with Gasteiger partial charge in [-0.3, -0.25) is 0 Å². The Balaban J connectivity index is 1.79. The predicted molar refractivity (Wildman–Crippen MR) is 89.7 cm³/mol. The summed E-state index contributed by atoms with van der Waals surface area (Å²) in [5, 5.41) is 8.35. The number of hydrogen-bond acceptors (Lipinski definition) is 3. The van der Waals surface area contributed by atoms with Crippen LogP contribution in [0.25, 0.3) is 0 Å². The minimum Gasteiger partial charge on any atom is -0.302 e. The van der Waals surface area contributed by atoms with Gasteiger partial charge < -0.3 is 5.32 Å². The van der Waals surface area contributed by atoms with Gasteiger partial charge in [-0.15, -0.1) is 22.7 Å². The molecule has 1 aliphatic rings. The first kappa shape index (κ1) is 14.3. The quantitative estimate of drug-likeness (QED) is 0.740. The summed E-state index contributed by atoms with van der Waals surface area (Å²) in [6.07, 6.45) is 6.89. The normalized spacial score (nSPS) is 23.9. The molecule has 2 aromatic rings. The molecule has 0 aliphatic heterocycles. The highest BCUT2D eigenvalue weighted by Gasteiger charge is 2.25. The van der Waals surface area contributed by atoms with E-state index in [1.165, 1.54) is 41.9 Å². The monoisotopic (exact) mass is 305 g/mol. The molecule has 1 N–H and O–H groups in total. The van der Waals surface area contributed by atoms with Crippen molar-refractivity contribution in [3.05, 3.63) is 44.8 Å². The smallest absolute Gasteiger partial charge is 0.0767 e. The number of hydrogen-bond donors (Lipinski definition) is 1. The van der Waals surface area contributed by atoms with E-state index in [1.807, 2.05) is 22.7 Å². The Morgan fingerprint density at radius 2 is 1.65 bits per heavy atom. The summed E-state index contributed by atoms with van der Waals surface area (Å²) in [5.41, 5.74) is 0. The maximum atomic E-state index is 3.97. The van der Waals surface area contributed by atoms with E-state index in [0.717, 1.165) is 5.92 Å². The molecule has 1 saturated carbocycles. The lowest BCUT2D eigenvalue weighted by Crippen LogP contribution is -2.37. The molecular weight excluding hydrogens is 282 g/mol. The molecule has 1 aliphatic carbocycles. The van der Waals surface area contributed by atoms with Gasteiger partial charge in [0.15, 0.2) is 0 Å². The van der Waals surface area contributed by atoms with Gasteiger partial charge in [-0.05, 0) is 41.7 Å². The molecule has 2 aromatic heterocycles. The number of thiophene rings is 2. The molecule has 0 radical (unpaired) electrons. The molecule has 0 saturated heterocycles. The summed E-state index contributed by atoms with van der Waals surface area (Å²) in [6.45, 7) is 2.42. The van der Waals surface area contributed by atoms with Gasteiger partial charge in [-0.25, -0.2) is 0 Å². The van der Waals surface area contributed by atoms with Crippen molar-refractivity contribution in [3.8, 4) is 0 Å². The summed E-state index contributed by atoms with van der Waals surface area (Å²) < 4.78 is 0. The third-order valence-electron chi connectivity index (χ3n) is 4.40. The molecule has 0 bridgehead atoms. The van der Waals surface area contributed by atoms with E-state index >= 15 is 0 Å². The second-order valence-electron chi connectivity index (χ2n) is 5.85. The molecule has 2 atom stereocenters. The van der Waals surface area contributed by atoms with Crippen molar-refractivity contribution in [1.29, 1.82) is 0 Å². The van der Waals surface area contributed by atoms with Crippen molar-refractivity contribution in [3.63, 3.8) is 0 Å². The molecule has 0 amide bonds. The van der Waals surface area contributed by atoms with Crippen LogP contribution in [0.2, 0.25) is 0 Å². The molecule has 0 aromatic carbocycles. The van der Waals surface area contributed by atoms with Gasteiger partial charge in [0.1, 0.15) is 0 Å². The lowest BCUT2D eigenvalue weighted by Gasteiger charge is -2.28. The lowest BCUT2D eigenvalue weighted by atomic mass is 9.95. The fourth-order valence-electron chi connectivity index (χ4n) is 3.17. The van der Waals surface area contributed by atoms with Crippen molar-refractivity contribution >= 4 is 22.7 Å². The van der Waals surface area contributed by atoms with Crippen molar-refractivity contribution in [2.24, 2.45) is 5.92 Å². The molecule has 1 nitrogen and oxygen atoms in total. The van der Waals surface area contributed by atoms with Crippen LogP contribution in [0.1, 0.15) is 54.8 Å². The molecule has 1 fully saturated rings. The highest BCUT2D eigenvalue weighted by atomic mass is 32.1. The van der Waals surface area contributed by atoms with Gasteiger partial charge >= 0.3 is 0 Å². The Morgan fingerprint density at radius 1 is 1.00 bits per heavy atom. The third kappa shape index (κ3) is 3.33. The Morgan fingerprint density at radius 3 is 2.25 bits per heavy atom. The average Bonchev–Trinajstić information content (AvgIpc) is 3.12. The van der Waals surface area contributed by atoms with E-state index in [4.69, 9.17) is 0 Å². The van der Waals surface area contributed by atoms with E-state index in [-0.39, 0.29) is 0 Å². The largest absolute Gasteiger partial charge is 0.302 e. The lowest BCUT2D eigenvalue weighted by molar-refractivity contribution is 0.340. The first-order chi connectivity index (χ1) is 9.84. The van der Waals surface area contributed by atoms with E-state index < -0.39 is 0 Å². The van der Waals surface area contributed by atoms with Crippen LogP contribution in [0.4, 0.5) is 0 Å². The first-order valence-corrected chi connectivity index (χ1v) is 9.43. The van der Waals surface area contributed by atoms with Crippen LogP contribution >= 0.6 is 22.7 Å². The molecule has 3 heteroatoms. The molecule has 2 unspecified atom stereocenters. The Kier molecular flexibility index (Phi) is 4.92. The molecule has 3 rings (SSSR count). The summed E-state index contributed by atoms with van der Waals surface area (Å²) in [4.78, 5) is 2.90. The minimum atomic E-state index is 0.389. The second kappa shape index (κ2) is 6.88. The maximum absolute atomic E-state index is 3.97. The van der Waals surface area contributed by atoms with E-state index in [2.05, 4.69) is 47.3 Å². The summed E-state index contributed by atoms with van der Waals surface area (Å²) >= 11 is 3.74. The topological polar surface area (TPSA) is 12.0 Å². The predicted octanol–water partition coefficient (Wildman–Crippen LogP) is 5.46. The van der Waals surface area contributed by atoms with Gasteiger partial charge in [0.05, 0.1) is 6.04 Å². The van der Waals surface area contributed by atoms with Crippen LogP contribution in [-0.4, -0.2) is 6.04 Å². The van der Waals surface area contributed by atoms with E-state index in [9.17, 15) is 0 Å². The van der Waals surface area contributed by atoms with E-state index in [0.29, 0.717) is 12.1 Å². The SMILES string of the molecule is CC1CCCCCC1NC(c1cccs1)c1cccs1. The third-order valence-corrected chi connectivity index (χ3v) is 6.27. The van der Waals surface area contributed by atoms with Crippen LogP contribution in [-0.2, 0) is 0 Å².